The van der Waals surface area contributed by atoms with Crippen LogP contribution in [-0.2, 0) is 11.3 Å². The van der Waals surface area contributed by atoms with Gasteiger partial charge in [-0.1, -0.05) is 30.3 Å². The van der Waals surface area contributed by atoms with Crippen molar-refractivity contribution in [3.8, 4) is 0 Å². The molecular weight excluding hydrogens is 264 g/mol. The van der Waals surface area contributed by atoms with E-state index in [1.54, 1.807) is 0 Å². The number of ether oxygens (including phenoxy) is 1. The van der Waals surface area contributed by atoms with Gasteiger partial charge in [-0.15, -0.1) is 0 Å². The SMILES string of the molecule is CC1(C)C[C@H](CCCOC(=O)NCc2ccccc2)CN1. The van der Waals surface area contributed by atoms with Crippen LogP contribution in [0, 0.1) is 5.92 Å². The molecule has 0 bridgehead atoms. The number of nitrogens with one attached hydrogen (secondary N) is 2. The summed E-state index contributed by atoms with van der Waals surface area (Å²) in [4.78, 5) is 11.6. The summed E-state index contributed by atoms with van der Waals surface area (Å²) in [5.74, 6) is 0.705. The number of carbonyl (C=O) groups is 1. The molecule has 2 rings (SSSR count). The molecule has 0 saturated carbocycles. The largest absolute Gasteiger partial charge is 0.450 e. The first-order chi connectivity index (χ1) is 10.1. The molecule has 1 aromatic rings. The Labute approximate surface area is 127 Å². The third-order valence-corrected chi connectivity index (χ3v) is 3.94. The lowest BCUT2D eigenvalue weighted by molar-refractivity contribution is 0.142. The molecule has 1 heterocycles. The molecule has 1 saturated heterocycles. The lowest BCUT2D eigenvalue weighted by atomic mass is 9.94. The highest BCUT2D eigenvalue weighted by Crippen LogP contribution is 2.26. The highest BCUT2D eigenvalue weighted by Gasteiger charge is 2.29. The molecule has 2 N–H and O–H groups in total. The van der Waals surface area contributed by atoms with Gasteiger partial charge in [-0.25, -0.2) is 4.79 Å². The predicted octanol–water partition coefficient (Wildman–Crippen LogP) is 3.08. The van der Waals surface area contributed by atoms with Gasteiger partial charge in [0.2, 0.25) is 0 Å². The molecule has 4 heteroatoms. The Hall–Kier alpha value is -1.55. The van der Waals surface area contributed by atoms with Crippen molar-refractivity contribution >= 4 is 6.09 Å². The zero-order valence-corrected chi connectivity index (χ0v) is 13.0. The van der Waals surface area contributed by atoms with Crippen LogP contribution in [0.25, 0.3) is 0 Å². The first-order valence-corrected chi connectivity index (χ1v) is 7.75. The van der Waals surface area contributed by atoms with E-state index < -0.39 is 0 Å². The molecule has 1 fully saturated rings. The fraction of sp³-hybridized carbons (Fsp3) is 0.588. The van der Waals surface area contributed by atoms with Gasteiger partial charge in [-0.2, -0.15) is 0 Å². The van der Waals surface area contributed by atoms with E-state index in [1.807, 2.05) is 30.3 Å². The van der Waals surface area contributed by atoms with Crippen LogP contribution in [0.4, 0.5) is 4.79 Å². The number of rotatable bonds is 6. The minimum Gasteiger partial charge on any atom is -0.450 e. The highest BCUT2D eigenvalue weighted by atomic mass is 16.5. The molecule has 0 aromatic heterocycles. The second-order valence-corrected chi connectivity index (χ2v) is 6.45. The normalized spacial score (nSPS) is 20.2. The van der Waals surface area contributed by atoms with Crippen LogP contribution in [0.5, 0.6) is 0 Å². The second-order valence-electron chi connectivity index (χ2n) is 6.45. The lowest BCUT2D eigenvalue weighted by Gasteiger charge is -2.17. The second kappa shape index (κ2) is 7.46. The summed E-state index contributed by atoms with van der Waals surface area (Å²) in [5.41, 5.74) is 1.34. The molecule has 1 atom stereocenters. The van der Waals surface area contributed by atoms with Gasteiger partial charge < -0.3 is 15.4 Å². The van der Waals surface area contributed by atoms with Crippen LogP contribution in [-0.4, -0.2) is 24.8 Å². The van der Waals surface area contributed by atoms with Crippen LogP contribution >= 0.6 is 0 Å². The van der Waals surface area contributed by atoms with Crippen molar-refractivity contribution in [3.05, 3.63) is 35.9 Å². The first-order valence-electron chi connectivity index (χ1n) is 7.75. The zero-order valence-electron chi connectivity index (χ0n) is 13.0. The molecule has 21 heavy (non-hydrogen) atoms. The molecule has 116 valence electrons. The maximum Gasteiger partial charge on any atom is 0.407 e. The Morgan fingerprint density at radius 2 is 2.14 bits per heavy atom. The minimum absolute atomic E-state index is 0.262. The summed E-state index contributed by atoms with van der Waals surface area (Å²) in [7, 11) is 0. The van der Waals surface area contributed by atoms with Gasteiger partial charge >= 0.3 is 6.09 Å². The van der Waals surface area contributed by atoms with Gasteiger partial charge in [0.1, 0.15) is 0 Å². The van der Waals surface area contributed by atoms with E-state index in [4.69, 9.17) is 4.74 Å². The van der Waals surface area contributed by atoms with Gasteiger partial charge in [-0.3, -0.25) is 0 Å². The Morgan fingerprint density at radius 3 is 2.81 bits per heavy atom. The summed E-state index contributed by atoms with van der Waals surface area (Å²) in [5, 5.41) is 6.28. The third-order valence-electron chi connectivity index (χ3n) is 3.94. The van der Waals surface area contributed by atoms with Crippen molar-refractivity contribution in [2.45, 2.75) is 45.2 Å². The average molecular weight is 290 g/mol. The smallest absolute Gasteiger partial charge is 0.407 e. The molecule has 4 nitrogen and oxygen atoms in total. The molecule has 1 amide bonds. The van der Waals surface area contributed by atoms with Crippen molar-refractivity contribution in [2.75, 3.05) is 13.2 Å². The van der Waals surface area contributed by atoms with Gasteiger partial charge in [0.25, 0.3) is 0 Å². The maximum atomic E-state index is 11.6. The van der Waals surface area contributed by atoms with Gasteiger partial charge in [0.05, 0.1) is 6.61 Å². The Morgan fingerprint density at radius 1 is 1.38 bits per heavy atom. The van der Waals surface area contributed by atoms with Crippen molar-refractivity contribution in [3.63, 3.8) is 0 Å². The topological polar surface area (TPSA) is 50.4 Å². The lowest BCUT2D eigenvalue weighted by Crippen LogP contribution is -2.31. The fourth-order valence-corrected chi connectivity index (χ4v) is 2.85. The van der Waals surface area contributed by atoms with Gasteiger partial charge in [0.15, 0.2) is 0 Å². The van der Waals surface area contributed by atoms with Crippen LogP contribution in [0.3, 0.4) is 0 Å². The number of hydrogen-bond donors (Lipinski definition) is 2. The minimum atomic E-state index is -0.330. The molecule has 1 aliphatic heterocycles. The summed E-state index contributed by atoms with van der Waals surface area (Å²) < 4.78 is 5.21. The van der Waals surface area contributed by atoms with E-state index in [2.05, 4.69) is 24.5 Å². The molecule has 0 spiro atoms. The summed E-state index contributed by atoms with van der Waals surface area (Å²) in [6.45, 7) is 6.56. The highest BCUT2D eigenvalue weighted by molar-refractivity contribution is 5.67. The summed E-state index contributed by atoms with van der Waals surface area (Å²) >= 11 is 0. The molecule has 1 aromatic carbocycles. The first kappa shape index (κ1) is 15.8. The number of alkyl carbamates (subject to hydrolysis) is 1. The average Bonchev–Trinajstić information content (AvgIpc) is 2.82. The van der Waals surface area contributed by atoms with Gasteiger partial charge in [0, 0.05) is 12.1 Å². The number of benzene rings is 1. The van der Waals surface area contributed by atoms with Crippen molar-refractivity contribution in [1.29, 1.82) is 0 Å². The van der Waals surface area contributed by atoms with E-state index in [0.29, 0.717) is 19.1 Å². The zero-order chi connectivity index (χ0) is 15.1. The monoisotopic (exact) mass is 290 g/mol. The van der Waals surface area contributed by atoms with E-state index >= 15 is 0 Å². The third kappa shape index (κ3) is 5.76. The molecule has 1 aliphatic rings. The number of hydrogen-bond acceptors (Lipinski definition) is 3. The quantitative estimate of drug-likeness (QED) is 0.792. The summed E-state index contributed by atoms with van der Waals surface area (Å²) in [6.07, 6.45) is 2.92. The van der Waals surface area contributed by atoms with E-state index in [0.717, 1.165) is 24.9 Å². The molecular formula is C17H26N2O2. The van der Waals surface area contributed by atoms with Crippen molar-refractivity contribution in [1.82, 2.24) is 10.6 Å². The molecule has 0 aliphatic carbocycles. The van der Waals surface area contributed by atoms with Crippen LogP contribution in [0.1, 0.15) is 38.7 Å². The predicted molar refractivity (Wildman–Crippen MR) is 84.1 cm³/mol. The van der Waals surface area contributed by atoms with Gasteiger partial charge in [-0.05, 0) is 51.1 Å². The van der Waals surface area contributed by atoms with Crippen LogP contribution < -0.4 is 10.6 Å². The van der Waals surface area contributed by atoms with Crippen molar-refractivity contribution < 1.29 is 9.53 Å². The van der Waals surface area contributed by atoms with Crippen molar-refractivity contribution in [2.24, 2.45) is 5.92 Å². The number of amides is 1. The van der Waals surface area contributed by atoms with E-state index in [9.17, 15) is 4.79 Å². The maximum absolute atomic E-state index is 11.6. The van der Waals surface area contributed by atoms with Crippen LogP contribution in [0.15, 0.2) is 30.3 Å². The van der Waals surface area contributed by atoms with E-state index in [-0.39, 0.29) is 11.6 Å². The Bertz CT molecular complexity index is 445. The Balaban J connectivity index is 1.54. The molecule has 0 radical (unpaired) electrons. The summed E-state index contributed by atoms with van der Waals surface area (Å²) in [6, 6.07) is 9.84. The Kier molecular flexibility index (Phi) is 5.62. The number of carbonyl (C=O) groups excluding carboxylic acids is 1. The molecule has 0 unspecified atom stereocenters. The van der Waals surface area contributed by atoms with Crippen LogP contribution in [0.2, 0.25) is 0 Å². The standard InChI is InChI=1S/C17H26N2O2/c1-17(2)11-15(13-19-17)9-6-10-21-16(20)18-12-14-7-4-3-5-8-14/h3-5,7-8,15,19H,6,9-13H2,1-2H3,(H,18,20)/t15-/m0/s1. The van der Waals surface area contributed by atoms with E-state index in [1.165, 1.54) is 6.42 Å². The fourth-order valence-electron chi connectivity index (χ4n) is 2.85.